The molecule has 134 valence electrons. The van der Waals surface area contributed by atoms with Gasteiger partial charge < -0.3 is 15.0 Å². The van der Waals surface area contributed by atoms with E-state index < -0.39 is 11.9 Å². The van der Waals surface area contributed by atoms with Crippen LogP contribution in [0, 0.1) is 5.82 Å². The van der Waals surface area contributed by atoms with Crippen molar-refractivity contribution in [2.75, 3.05) is 20.6 Å². The molecule has 0 spiro atoms. The molecule has 1 saturated carbocycles. The van der Waals surface area contributed by atoms with Gasteiger partial charge in [0.1, 0.15) is 0 Å². The number of nitrogens with one attached hydrogen (secondary N) is 1. The maximum absolute atomic E-state index is 13.7. The minimum atomic E-state index is -0.676. The van der Waals surface area contributed by atoms with Crippen LogP contribution in [-0.2, 0) is 4.79 Å². The van der Waals surface area contributed by atoms with Crippen LogP contribution in [0.15, 0.2) is 24.3 Å². The van der Waals surface area contributed by atoms with Gasteiger partial charge in [-0.15, -0.1) is 0 Å². The molecule has 5 heteroatoms. The van der Waals surface area contributed by atoms with E-state index in [4.69, 9.17) is 4.74 Å². The van der Waals surface area contributed by atoms with Crippen LogP contribution in [0.3, 0.4) is 0 Å². The molecule has 0 heterocycles. The Labute approximate surface area is 144 Å². The van der Waals surface area contributed by atoms with E-state index in [1.807, 2.05) is 6.92 Å². The average molecular weight is 336 g/mol. The standard InChI is InChI=1S/C19H29FN2O2/c1-4-16(24-17-11-7-6-10-15(17)20)18(23)21-14-19(22(2)3)12-8-5-9-13-19/h6-7,10-11,16H,4-5,8-9,12-14H2,1-3H3,(H,21,23). The molecule has 0 bridgehead atoms. The summed E-state index contributed by atoms with van der Waals surface area (Å²) in [5.74, 6) is -0.493. The average Bonchev–Trinajstić information content (AvgIpc) is 2.59. The van der Waals surface area contributed by atoms with Crippen molar-refractivity contribution in [1.29, 1.82) is 0 Å². The Kier molecular flexibility index (Phi) is 6.60. The summed E-state index contributed by atoms with van der Waals surface area (Å²) in [6.45, 7) is 2.48. The Morgan fingerprint density at radius 1 is 1.29 bits per heavy atom. The molecule has 4 nitrogen and oxygen atoms in total. The number of carbonyl (C=O) groups excluding carboxylic acids is 1. The highest BCUT2D eigenvalue weighted by Crippen LogP contribution is 2.31. The van der Waals surface area contributed by atoms with Crippen LogP contribution < -0.4 is 10.1 Å². The van der Waals surface area contributed by atoms with Crippen molar-refractivity contribution in [1.82, 2.24) is 10.2 Å². The highest BCUT2D eigenvalue weighted by atomic mass is 19.1. The first-order valence-electron chi connectivity index (χ1n) is 8.85. The summed E-state index contributed by atoms with van der Waals surface area (Å²) in [5.41, 5.74) is 0.0181. The van der Waals surface area contributed by atoms with Gasteiger partial charge in [0, 0.05) is 12.1 Å². The lowest BCUT2D eigenvalue weighted by atomic mass is 9.80. The van der Waals surface area contributed by atoms with Crippen molar-refractivity contribution in [3.05, 3.63) is 30.1 Å². The molecule has 1 atom stereocenters. The third-order valence-electron chi connectivity index (χ3n) is 5.09. The fourth-order valence-corrected chi connectivity index (χ4v) is 3.37. The molecular weight excluding hydrogens is 307 g/mol. The smallest absolute Gasteiger partial charge is 0.261 e. The van der Waals surface area contributed by atoms with Crippen LogP contribution >= 0.6 is 0 Å². The third kappa shape index (κ3) is 4.47. The summed E-state index contributed by atoms with van der Waals surface area (Å²) >= 11 is 0. The van der Waals surface area contributed by atoms with Gasteiger partial charge in [0.15, 0.2) is 17.7 Å². The van der Waals surface area contributed by atoms with Crippen LogP contribution in [0.5, 0.6) is 5.75 Å². The van der Waals surface area contributed by atoms with Crippen molar-refractivity contribution in [3.63, 3.8) is 0 Å². The van der Waals surface area contributed by atoms with E-state index in [9.17, 15) is 9.18 Å². The van der Waals surface area contributed by atoms with E-state index in [0.29, 0.717) is 13.0 Å². The van der Waals surface area contributed by atoms with E-state index in [1.54, 1.807) is 18.2 Å². The predicted octanol–water partition coefficient (Wildman–Crippen LogP) is 3.36. The second kappa shape index (κ2) is 8.47. The maximum Gasteiger partial charge on any atom is 0.261 e. The normalized spacial score (nSPS) is 18.2. The monoisotopic (exact) mass is 336 g/mol. The van der Waals surface area contributed by atoms with Gasteiger partial charge >= 0.3 is 0 Å². The first kappa shape index (κ1) is 18.7. The Hall–Kier alpha value is -1.62. The fourth-order valence-electron chi connectivity index (χ4n) is 3.37. The van der Waals surface area contributed by atoms with Gasteiger partial charge in [-0.3, -0.25) is 4.79 Å². The zero-order valence-electron chi connectivity index (χ0n) is 15.0. The van der Waals surface area contributed by atoms with Crippen LogP contribution in [0.25, 0.3) is 0 Å². The van der Waals surface area contributed by atoms with Crippen molar-refractivity contribution in [3.8, 4) is 5.75 Å². The minimum Gasteiger partial charge on any atom is -0.478 e. The summed E-state index contributed by atoms with van der Waals surface area (Å²) < 4.78 is 19.3. The number of rotatable bonds is 7. The van der Waals surface area contributed by atoms with Gasteiger partial charge in [-0.1, -0.05) is 38.3 Å². The van der Waals surface area contributed by atoms with E-state index in [2.05, 4.69) is 24.3 Å². The van der Waals surface area contributed by atoms with Gasteiger partial charge in [-0.25, -0.2) is 4.39 Å². The Balaban J connectivity index is 1.97. The number of benzene rings is 1. The first-order valence-corrected chi connectivity index (χ1v) is 8.85. The number of likely N-dealkylation sites (N-methyl/N-ethyl adjacent to an activating group) is 1. The van der Waals surface area contributed by atoms with Gasteiger partial charge in [-0.05, 0) is 45.5 Å². The number of para-hydroxylation sites is 1. The van der Waals surface area contributed by atoms with Crippen LogP contribution in [-0.4, -0.2) is 43.1 Å². The summed E-state index contributed by atoms with van der Waals surface area (Å²) in [6, 6.07) is 6.19. The van der Waals surface area contributed by atoms with Crippen LogP contribution in [0.1, 0.15) is 45.4 Å². The molecule has 1 fully saturated rings. The molecule has 1 aliphatic rings. The lowest BCUT2D eigenvalue weighted by Gasteiger charge is -2.43. The van der Waals surface area contributed by atoms with Crippen molar-refractivity contribution in [2.24, 2.45) is 0 Å². The summed E-state index contributed by atoms with van der Waals surface area (Å²) in [5, 5.41) is 3.04. The Morgan fingerprint density at radius 3 is 2.54 bits per heavy atom. The van der Waals surface area contributed by atoms with E-state index >= 15 is 0 Å². The molecule has 2 rings (SSSR count). The number of hydrogen-bond donors (Lipinski definition) is 1. The van der Waals surface area contributed by atoms with Gasteiger partial charge in [0.25, 0.3) is 5.91 Å². The highest BCUT2D eigenvalue weighted by molar-refractivity contribution is 5.81. The van der Waals surface area contributed by atoms with E-state index in [1.165, 1.54) is 25.3 Å². The molecule has 0 aromatic heterocycles. The first-order chi connectivity index (χ1) is 11.5. The molecule has 0 radical (unpaired) electrons. The summed E-state index contributed by atoms with van der Waals surface area (Å²) in [6.07, 6.45) is 5.64. The minimum absolute atomic E-state index is 0.0181. The fraction of sp³-hybridized carbons (Fsp3) is 0.632. The number of halogens is 1. The molecule has 1 aromatic carbocycles. The lowest BCUT2D eigenvalue weighted by Crippen LogP contribution is -2.55. The number of carbonyl (C=O) groups is 1. The largest absolute Gasteiger partial charge is 0.478 e. The Morgan fingerprint density at radius 2 is 1.96 bits per heavy atom. The van der Waals surface area contributed by atoms with Crippen molar-refractivity contribution in [2.45, 2.75) is 57.1 Å². The molecule has 0 saturated heterocycles. The number of amides is 1. The number of ether oxygens (including phenoxy) is 1. The topological polar surface area (TPSA) is 41.6 Å². The second-order valence-electron chi connectivity index (χ2n) is 6.84. The molecule has 1 aromatic rings. The van der Waals surface area contributed by atoms with Gasteiger partial charge in [0.2, 0.25) is 0 Å². The number of nitrogens with zero attached hydrogens (tertiary/aromatic N) is 1. The lowest BCUT2D eigenvalue weighted by molar-refractivity contribution is -0.129. The number of hydrogen-bond acceptors (Lipinski definition) is 3. The molecule has 1 amide bonds. The molecule has 0 aliphatic heterocycles. The summed E-state index contributed by atoms with van der Waals surface area (Å²) in [7, 11) is 4.15. The van der Waals surface area contributed by atoms with E-state index in [0.717, 1.165) is 12.8 Å². The van der Waals surface area contributed by atoms with Crippen LogP contribution in [0.2, 0.25) is 0 Å². The van der Waals surface area contributed by atoms with E-state index in [-0.39, 0.29) is 17.2 Å². The second-order valence-corrected chi connectivity index (χ2v) is 6.84. The summed E-state index contributed by atoms with van der Waals surface area (Å²) in [4.78, 5) is 14.7. The quantitative estimate of drug-likeness (QED) is 0.830. The molecule has 24 heavy (non-hydrogen) atoms. The zero-order valence-corrected chi connectivity index (χ0v) is 15.0. The van der Waals surface area contributed by atoms with Crippen LogP contribution in [0.4, 0.5) is 4.39 Å². The molecule has 1 aliphatic carbocycles. The zero-order chi connectivity index (χ0) is 17.6. The van der Waals surface area contributed by atoms with Gasteiger partial charge in [0.05, 0.1) is 0 Å². The molecular formula is C19H29FN2O2. The van der Waals surface area contributed by atoms with Gasteiger partial charge in [-0.2, -0.15) is 0 Å². The highest BCUT2D eigenvalue weighted by Gasteiger charge is 2.35. The third-order valence-corrected chi connectivity index (χ3v) is 5.09. The van der Waals surface area contributed by atoms with Crippen molar-refractivity contribution < 1.29 is 13.9 Å². The Bertz CT molecular complexity index is 542. The maximum atomic E-state index is 13.7. The molecule has 1 N–H and O–H groups in total. The predicted molar refractivity (Wildman–Crippen MR) is 93.6 cm³/mol. The van der Waals surface area contributed by atoms with Crippen molar-refractivity contribution >= 4 is 5.91 Å². The SMILES string of the molecule is CCC(Oc1ccccc1F)C(=O)NCC1(N(C)C)CCCCC1. The molecule has 1 unspecified atom stereocenters.